The topological polar surface area (TPSA) is 70.8 Å². The Hall–Kier alpha value is -1.99. The van der Waals surface area contributed by atoms with Crippen LogP contribution >= 0.6 is 0 Å². The minimum atomic E-state index is -4.50. The standard InChI is InChI=1S/C13H16F3NO4/c14-13(15,16)9-17(8-10-4-3-7-21-10)11(18)5-1-2-6-12(19)20/h3-4,7H,1-2,5-6,8-9H2,(H,19,20). The van der Waals surface area contributed by atoms with Crippen LogP contribution in [0.5, 0.6) is 0 Å². The summed E-state index contributed by atoms with van der Waals surface area (Å²) in [6.45, 7) is -1.62. The summed E-state index contributed by atoms with van der Waals surface area (Å²) in [5.74, 6) is -1.41. The Bertz CT molecular complexity index is 456. The Kier molecular flexibility index (Phi) is 6.26. The molecule has 0 spiro atoms. The van der Waals surface area contributed by atoms with Crippen LogP contribution in [0.4, 0.5) is 13.2 Å². The zero-order valence-electron chi connectivity index (χ0n) is 11.2. The number of carboxylic acids is 1. The molecule has 8 heteroatoms. The van der Waals surface area contributed by atoms with Gasteiger partial charge in [0.25, 0.3) is 0 Å². The van der Waals surface area contributed by atoms with E-state index in [0.717, 1.165) is 0 Å². The highest BCUT2D eigenvalue weighted by molar-refractivity contribution is 5.76. The molecule has 0 radical (unpaired) electrons. The molecular formula is C13H16F3NO4. The van der Waals surface area contributed by atoms with Gasteiger partial charge in [-0.25, -0.2) is 0 Å². The molecular weight excluding hydrogens is 291 g/mol. The van der Waals surface area contributed by atoms with Crippen LogP contribution < -0.4 is 0 Å². The van der Waals surface area contributed by atoms with Gasteiger partial charge in [0.2, 0.25) is 5.91 Å². The van der Waals surface area contributed by atoms with Gasteiger partial charge in [-0.3, -0.25) is 9.59 Å². The van der Waals surface area contributed by atoms with Crippen molar-refractivity contribution in [1.29, 1.82) is 0 Å². The van der Waals surface area contributed by atoms with Crippen molar-refractivity contribution in [2.45, 2.75) is 38.4 Å². The molecule has 0 saturated heterocycles. The number of halogens is 3. The van der Waals surface area contributed by atoms with E-state index in [1.807, 2.05) is 0 Å². The fraction of sp³-hybridized carbons (Fsp3) is 0.538. The summed E-state index contributed by atoms with van der Waals surface area (Å²) in [6, 6.07) is 3.01. The second-order valence-electron chi connectivity index (χ2n) is 4.55. The van der Waals surface area contributed by atoms with E-state index in [1.54, 1.807) is 0 Å². The zero-order chi connectivity index (χ0) is 15.9. The van der Waals surface area contributed by atoms with E-state index in [0.29, 0.717) is 4.90 Å². The number of carbonyl (C=O) groups is 2. The first-order chi connectivity index (χ1) is 9.78. The molecule has 0 unspecified atom stereocenters. The molecule has 1 rings (SSSR count). The fourth-order valence-electron chi connectivity index (χ4n) is 1.75. The molecule has 0 aromatic carbocycles. The van der Waals surface area contributed by atoms with Crippen molar-refractivity contribution >= 4 is 11.9 Å². The number of hydrogen-bond acceptors (Lipinski definition) is 3. The van der Waals surface area contributed by atoms with Gasteiger partial charge in [-0.15, -0.1) is 0 Å². The van der Waals surface area contributed by atoms with Gasteiger partial charge in [0.1, 0.15) is 12.3 Å². The van der Waals surface area contributed by atoms with Gasteiger partial charge >= 0.3 is 12.1 Å². The largest absolute Gasteiger partial charge is 0.481 e. The van der Waals surface area contributed by atoms with Crippen LogP contribution in [0.2, 0.25) is 0 Å². The van der Waals surface area contributed by atoms with Gasteiger partial charge in [-0.2, -0.15) is 13.2 Å². The van der Waals surface area contributed by atoms with Crippen molar-refractivity contribution in [2.75, 3.05) is 6.54 Å². The average molecular weight is 307 g/mol. The molecule has 0 saturated carbocycles. The molecule has 5 nitrogen and oxygen atoms in total. The van der Waals surface area contributed by atoms with Crippen molar-refractivity contribution in [3.05, 3.63) is 24.2 Å². The van der Waals surface area contributed by atoms with Gasteiger partial charge in [0.05, 0.1) is 12.8 Å². The fourth-order valence-corrected chi connectivity index (χ4v) is 1.75. The normalized spacial score (nSPS) is 11.4. The molecule has 0 aliphatic rings. The Morgan fingerprint density at radius 3 is 2.43 bits per heavy atom. The van der Waals surface area contributed by atoms with Crippen LogP contribution in [0.25, 0.3) is 0 Å². The van der Waals surface area contributed by atoms with Crippen LogP contribution in [0, 0.1) is 0 Å². The SMILES string of the molecule is O=C(O)CCCCC(=O)N(Cc1ccco1)CC(F)(F)F. The first kappa shape index (κ1) is 17.1. The van der Waals surface area contributed by atoms with Crippen LogP contribution in [-0.4, -0.2) is 34.6 Å². The lowest BCUT2D eigenvalue weighted by molar-refractivity contribution is -0.162. The quantitative estimate of drug-likeness (QED) is 0.750. The lowest BCUT2D eigenvalue weighted by Crippen LogP contribution is -2.38. The number of aliphatic carboxylic acids is 1. The minimum absolute atomic E-state index is 0.106. The molecule has 0 atom stereocenters. The van der Waals surface area contributed by atoms with Crippen molar-refractivity contribution in [3.63, 3.8) is 0 Å². The van der Waals surface area contributed by atoms with Crippen molar-refractivity contribution in [1.82, 2.24) is 4.90 Å². The van der Waals surface area contributed by atoms with Crippen LogP contribution in [-0.2, 0) is 16.1 Å². The predicted molar refractivity (Wildman–Crippen MR) is 66.3 cm³/mol. The number of furan rings is 1. The van der Waals surface area contributed by atoms with E-state index >= 15 is 0 Å². The summed E-state index contributed by atoms with van der Waals surface area (Å²) in [5, 5.41) is 8.46. The first-order valence-corrected chi connectivity index (χ1v) is 6.36. The molecule has 1 aromatic heterocycles. The Labute approximate surface area is 119 Å². The highest BCUT2D eigenvalue weighted by Crippen LogP contribution is 2.19. The van der Waals surface area contributed by atoms with Gasteiger partial charge in [0.15, 0.2) is 0 Å². The van der Waals surface area contributed by atoms with E-state index in [-0.39, 0.29) is 38.0 Å². The highest BCUT2D eigenvalue weighted by atomic mass is 19.4. The van der Waals surface area contributed by atoms with Crippen LogP contribution in [0.1, 0.15) is 31.4 Å². The first-order valence-electron chi connectivity index (χ1n) is 6.36. The maximum absolute atomic E-state index is 12.5. The van der Waals surface area contributed by atoms with Gasteiger partial charge in [-0.1, -0.05) is 0 Å². The maximum atomic E-state index is 12.5. The van der Waals surface area contributed by atoms with Crippen LogP contribution in [0.15, 0.2) is 22.8 Å². The summed E-state index contributed by atoms with van der Waals surface area (Å²) in [4.78, 5) is 22.8. The van der Waals surface area contributed by atoms with Crippen LogP contribution in [0.3, 0.4) is 0 Å². The second kappa shape index (κ2) is 7.70. The van der Waals surface area contributed by atoms with E-state index in [4.69, 9.17) is 9.52 Å². The highest BCUT2D eigenvalue weighted by Gasteiger charge is 2.33. The number of unbranched alkanes of at least 4 members (excludes halogenated alkanes) is 1. The number of hydrogen-bond donors (Lipinski definition) is 1. The third-order valence-electron chi connectivity index (χ3n) is 2.68. The molecule has 0 fully saturated rings. The number of nitrogens with zero attached hydrogens (tertiary/aromatic N) is 1. The Balaban J connectivity index is 2.54. The molecule has 1 amide bonds. The molecule has 21 heavy (non-hydrogen) atoms. The number of alkyl halides is 3. The minimum Gasteiger partial charge on any atom is -0.481 e. The summed E-state index contributed by atoms with van der Waals surface area (Å²) in [5.41, 5.74) is 0. The summed E-state index contributed by atoms with van der Waals surface area (Å²) >= 11 is 0. The third-order valence-corrected chi connectivity index (χ3v) is 2.68. The second-order valence-corrected chi connectivity index (χ2v) is 4.55. The Morgan fingerprint density at radius 2 is 1.90 bits per heavy atom. The number of rotatable bonds is 8. The molecule has 1 N–H and O–H groups in total. The lowest BCUT2D eigenvalue weighted by Gasteiger charge is -2.23. The zero-order valence-corrected chi connectivity index (χ0v) is 11.2. The van der Waals surface area contributed by atoms with Gasteiger partial charge in [0, 0.05) is 12.8 Å². The van der Waals surface area contributed by atoms with Crippen molar-refractivity contribution in [3.8, 4) is 0 Å². The summed E-state index contributed by atoms with van der Waals surface area (Å²) < 4.78 is 42.4. The molecule has 0 aliphatic heterocycles. The molecule has 1 heterocycles. The van der Waals surface area contributed by atoms with Gasteiger partial charge < -0.3 is 14.4 Å². The van der Waals surface area contributed by atoms with Crippen molar-refractivity contribution in [2.24, 2.45) is 0 Å². The smallest absolute Gasteiger partial charge is 0.406 e. The maximum Gasteiger partial charge on any atom is 0.406 e. The van der Waals surface area contributed by atoms with E-state index in [1.165, 1.54) is 18.4 Å². The molecule has 1 aromatic rings. The number of amides is 1. The molecule has 0 aliphatic carbocycles. The monoisotopic (exact) mass is 307 g/mol. The number of carbonyl (C=O) groups excluding carboxylic acids is 1. The lowest BCUT2D eigenvalue weighted by atomic mass is 10.2. The molecule has 0 bridgehead atoms. The average Bonchev–Trinajstić information content (AvgIpc) is 2.84. The van der Waals surface area contributed by atoms with Crippen molar-refractivity contribution < 1.29 is 32.3 Å². The predicted octanol–water partition coefficient (Wildman–Crippen LogP) is 2.82. The van der Waals surface area contributed by atoms with Gasteiger partial charge in [-0.05, 0) is 25.0 Å². The van der Waals surface area contributed by atoms with E-state index < -0.39 is 24.6 Å². The molecule has 118 valence electrons. The Morgan fingerprint density at radius 1 is 1.24 bits per heavy atom. The number of carboxylic acid groups (broad SMARTS) is 1. The van der Waals surface area contributed by atoms with E-state index in [9.17, 15) is 22.8 Å². The van der Waals surface area contributed by atoms with E-state index in [2.05, 4.69) is 0 Å². The summed E-state index contributed by atoms with van der Waals surface area (Å²) in [6.07, 6.45) is -2.92. The third kappa shape index (κ3) is 7.38. The summed E-state index contributed by atoms with van der Waals surface area (Å²) in [7, 11) is 0.